The molecule has 0 atom stereocenters. The molecule has 1 aromatic heterocycles. The predicted molar refractivity (Wildman–Crippen MR) is 78.1 cm³/mol. The summed E-state index contributed by atoms with van der Waals surface area (Å²) in [6.07, 6.45) is -1.29. The highest BCUT2D eigenvalue weighted by Crippen LogP contribution is 2.37. The molecule has 1 aliphatic rings. The van der Waals surface area contributed by atoms with E-state index in [4.69, 9.17) is 4.52 Å². The van der Waals surface area contributed by atoms with Crippen LogP contribution in [0, 0.1) is 6.92 Å². The Morgan fingerprint density at radius 3 is 2.33 bits per heavy atom. The number of alkyl halides is 3. The van der Waals surface area contributed by atoms with Gasteiger partial charge in [-0.05, 0) is 37.1 Å². The Morgan fingerprint density at radius 1 is 1.21 bits per heavy atom. The molecule has 1 aliphatic carbocycles. The van der Waals surface area contributed by atoms with Crippen molar-refractivity contribution in [3.05, 3.63) is 47.1 Å². The van der Waals surface area contributed by atoms with Crippen LogP contribution in [0.3, 0.4) is 0 Å². The van der Waals surface area contributed by atoms with Crippen LogP contribution in [0.2, 0.25) is 0 Å². The van der Waals surface area contributed by atoms with Crippen LogP contribution in [0.4, 0.5) is 13.2 Å². The van der Waals surface area contributed by atoms with Crippen LogP contribution in [0.25, 0.3) is 0 Å². The molecular formula is C16H16F3N3O2. The second kappa shape index (κ2) is 5.92. The molecule has 0 bridgehead atoms. The number of aromatic nitrogens is 2. The van der Waals surface area contributed by atoms with E-state index in [-0.39, 0.29) is 5.56 Å². The van der Waals surface area contributed by atoms with Crippen molar-refractivity contribution in [3.63, 3.8) is 0 Å². The second-order valence-corrected chi connectivity index (χ2v) is 5.96. The first kappa shape index (κ1) is 16.5. The molecular weight excluding hydrogens is 323 g/mol. The lowest BCUT2D eigenvalue weighted by molar-refractivity contribution is -0.137. The lowest BCUT2D eigenvalue weighted by Crippen LogP contribution is -2.44. The molecule has 1 heterocycles. The molecule has 0 saturated heterocycles. The van der Waals surface area contributed by atoms with Gasteiger partial charge in [0.2, 0.25) is 5.89 Å². The maximum atomic E-state index is 12.6. The highest BCUT2D eigenvalue weighted by molar-refractivity contribution is 5.94. The molecule has 1 N–H and O–H groups in total. The lowest BCUT2D eigenvalue weighted by atomic mass is 9.95. The van der Waals surface area contributed by atoms with Gasteiger partial charge in [0.15, 0.2) is 5.82 Å². The van der Waals surface area contributed by atoms with E-state index >= 15 is 0 Å². The maximum absolute atomic E-state index is 12.6. The zero-order chi connectivity index (χ0) is 17.4. The average Bonchev–Trinajstić information content (AvgIpc) is 3.16. The van der Waals surface area contributed by atoms with Crippen LogP contribution in [0.15, 0.2) is 28.8 Å². The van der Waals surface area contributed by atoms with Crippen molar-refractivity contribution in [2.24, 2.45) is 0 Å². The van der Waals surface area contributed by atoms with E-state index in [0.717, 1.165) is 25.0 Å². The van der Waals surface area contributed by atoms with Crippen molar-refractivity contribution in [2.45, 2.75) is 44.3 Å². The van der Waals surface area contributed by atoms with Crippen molar-refractivity contribution in [1.82, 2.24) is 15.5 Å². The summed E-state index contributed by atoms with van der Waals surface area (Å²) in [5.41, 5.74) is -1.35. The second-order valence-electron chi connectivity index (χ2n) is 5.96. The van der Waals surface area contributed by atoms with Gasteiger partial charge in [-0.2, -0.15) is 18.2 Å². The molecule has 1 aromatic carbocycles. The normalized spacial score (nSPS) is 17.0. The van der Waals surface area contributed by atoms with Crippen LogP contribution in [0.5, 0.6) is 0 Å². The van der Waals surface area contributed by atoms with Crippen LogP contribution in [0.1, 0.15) is 53.3 Å². The smallest absolute Gasteiger partial charge is 0.340 e. The third-order valence-corrected chi connectivity index (χ3v) is 4.24. The topological polar surface area (TPSA) is 68.0 Å². The molecule has 8 heteroatoms. The molecule has 0 radical (unpaired) electrons. The van der Waals surface area contributed by atoms with E-state index in [0.29, 0.717) is 24.6 Å². The van der Waals surface area contributed by atoms with Gasteiger partial charge in [0, 0.05) is 12.5 Å². The van der Waals surface area contributed by atoms with E-state index in [1.165, 1.54) is 12.1 Å². The molecule has 1 amide bonds. The Labute approximate surface area is 136 Å². The summed E-state index contributed by atoms with van der Waals surface area (Å²) in [4.78, 5) is 16.7. The van der Waals surface area contributed by atoms with Gasteiger partial charge in [0.1, 0.15) is 5.54 Å². The van der Waals surface area contributed by atoms with Gasteiger partial charge in [-0.1, -0.05) is 18.0 Å². The monoisotopic (exact) mass is 339 g/mol. The van der Waals surface area contributed by atoms with Gasteiger partial charge in [0.05, 0.1) is 5.56 Å². The predicted octanol–water partition coefficient (Wildman–Crippen LogP) is 3.60. The molecule has 1 fully saturated rings. The van der Waals surface area contributed by atoms with Gasteiger partial charge in [-0.25, -0.2) is 0 Å². The lowest BCUT2D eigenvalue weighted by Gasteiger charge is -2.26. The number of halogens is 3. The summed E-state index contributed by atoms with van der Waals surface area (Å²) >= 11 is 0. The van der Waals surface area contributed by atoms with Crippen molar-refractivity contribution >= 4 is 5.91 Å². The Kier molecular flexibility index (Phi) is 4.06. The molecule has 0 aliphatic heterocycles. The van der Waals surface area contributed by atoms with E-state index in [9.17, 15) is 18.0 Å². The minimum absolute atomic E-state index is 0.162. The van der Waals surface area contributed by atoms with Crippen LogP contribution in [-0.4, -0.2) is 16.0 Å². The van der Waals surface area contributed by atoms with E-state index < -0.39 is 23.2 Å². The molecule has 0 unspecified atom stereocenters. The Morgan fingerprint density at radius 2 is 1.83 bits per heavy atom. The fraction of sp³-hybridized carbons (Fsp3) is 0.438. The first-order chi connectivity index (χ1) is 11.3. The Bertz CT molecular complexity index is 732. The largest absolute Gasteiger partial charge is 0.416 e. The fourth-order valence-electron chi connectivity index (χ4n) is 2.98. The molecule has 5 nitrogen and oxygen atoms in total. The highest BCUT2D eigenvalue weighted by atomic mass is 19.4. The third-order valence-electron chi connectivity index (χ3n) is 4.24. The molecule has 1 saturated carbocycles. The minimum Gasteiger partial charge on any atom is -0.340 e. The van der Waals surface area contributed by atoms with Gasteiger partial charge in [0.25, 0.3) is 5.91 Å². The van der Waals surface area contributed by atoms with Crippen LogP contribution < -0.4 is 5.32 Å². The number of benzene rings is 1. The number of carbonyl (C=O) groups is 1. The van der Waals surface area contributed by atoms with Crippen molar-refractivity contribution in [3.8, 4) is 0 Å². The Balaban J connectivity index is 1.82. The first-order valence-electron chi connectivity index (χ1n) is 7.61. The summed E-state index contributed by atoms with van der Waals surface area (Å²) in [5, 5.41) is 6.80. The minimum atomic E-state index is -4.43. The highest BCUT2D eigenvalue weighted by Gasteiger charge is 2.41. The number of aryl methyl sites for hydroxylation is 1. The van der Waals surface area contributed by atoms with E-state index in [1.807, 2.05) is 0 Å². The number of nitrogens with zero attached hydrogens (tertiary/aromatic N) is 2. The number of nitrogens with one attached hydrogen (secondary N) is 1. The standard InChI is InChI=1S/C16H16F3N3O2/c1-10-20-14(22-24-10)15(8-2-3-9-15)21-13(23)11-4-6-12(7-5-11)16(17,18)19/h4-7H,2-3,8-9H2,1H3,(H,21,23). The average molecular weight is 339 g/mol. The third kappa shape index (κ3) is 3.13. The number of rotatable bonds is 3. The summed E-state index contributed by atoms with van der Waals surface area (Å²) in [6.45, 7) is 1.66. The van der Waals surface area contributed by atoms with E-state index in [2.05, 4.69) is 15.5 Å². The molecule has 3 rings (SSSR count). The van der Waals surface area contributed by atoms with E-state index in [1.54, 1.807) is 6.92 Å². The number of hydrogen-bond acceptors (Lipinski definition) is 4. The zero-order valence-electron chi connectivity index (χ0n) is 13.0. The van der Waals surface area contributed by atoms with Gasteiger partial charge < -0.3 is 9.84 Å². The summed E-state index contributed by atoms with van der Waals surface area (Å²) in [6, 6.07) is 4.13. The fourth-order valence-corrected chi connectivity index (χ4v) is 2.98. The SMILES string of the molecule is Cc1nc(C2(NC(=O)c3ccc(C(F)(F)F)cc3)CCCC2)no1. The van der Waals surface area contributed by atoms with Gasteiger partial charge in [-0.3, -0.25) is 4.79 Å². The van der Waals surface area contributed by atoms with Crippen molar-refractivity contribution in [2.75, 3.05) is 0 Å². The van der Waals surface area contributed by atoms with Crippen LogP contribution >= 0.6 is 0 Å². The molecule has 2 aromatic rings. The number of hydrogen-bond donors (Lipinski definition) is 1. The molecule has 128 valence electrons. The quantitative estimate of drug-likeness (QED) is 0.928. The van der Waals surface area contributed by atoms with Gasteiger partial charge in [-0.15, -0.1) is 0 Å². The first-order valence-corrected chi connectivity index (χ1v) is 7.61. The summed E-state index contributed by atoms with van der Waals surface area (Å²) < 4.78 is 42.8. The van der Waals surface area contributed by atoms with Crippen molar-refractivity contribution < 1.29 is 22.5 Å². The zero-order valence-corrected chi connectivity index (χ0v) is 13.0. The summed E-state index contributed by atoms with van der Waals surface area (Å²) in [7, 11) is 0. The van der Waals surface area contributed by atoms with Crippen LogP contribution in [-0.2, 0) is 11.7 Å². The number of amides is 1. The van der Waals surface area contributed by atoms with Crippen molar-refractivity contribution in [1.29, 1.82) is 0 Å². The summed E-state index contributed by atoms with van der Waals surface area (Å²) in [5.74, 6) is 0.367. The molecule has 24 heavy (non-hydrogen) atoms. The maximum Gasteiger partial charge on any atom is 0.416 e. The number of carbonyl (C=O) groups excluding carboxylic acids is 1. The van der Waals surface area contributed by atoms with Gasteiger partial charge >= 0.3 is 6.18 Å². The molecule has 0 spiro atoms. The Hall–Kier alpha value is -2.38.